The molecule has 3 rings (SSSR count). The molecule has 3 aromatic rings. The van der Waals surface area contributed by atoms with Gasteiger partial charge in [-0.2, -0.15) is 0 Å². The molecule has 0 saturated heterocycles. The van der Waals surface area contributed by atoms with Crippen molar-refractivity contribution in [1.29, 1.82) is 0 Å². The van der Waals surface area contributed by atoms with E-state index < -0.39 is 0 Å². The van der Waals surface area contributed by atoms with Crippen LogP contribution in [0.5, 0.6) is 0 Å². The lowest BCUT2D eigenvalue weighted by atomic mass is 9.92. The number of anilines is 1. The molecule has 1 atom stereocenters. The zero-order valence-corrected chi connectivity index (χ0v) is 17.8. The minimum Gasteiger partial charge on any atom is -0.383 e. The average molecular weight is 394 g/mol. The number of halogens is 1. The first kappa shape index (κ1) is 20.3. The van der Waals surface area contributed by atoms with Gasteiger partial charge in [0.1, 0.15) is 5.82 Å². The second-order valence-electron chi connectivity index (χ2n) is 7.67. The summed E-state index contributed by atoms with van der Waals surface area (Å²) in [6.07, 6.45) is 5.54. The molecule has 1 unspecified atom stereocenters. The van der Waals surface area contributed by atoms with Crippen LogP contribution < -0.4 is 5.73 Å². The Balaban J connectivity index is 1.93. The highest BCUT2D eigenvalue weighted by molar-refractivity contribution is 6.31. The highest BCUT2D eigenvalue weighted by Crippen LogP contribution is 2.31. The van der Waals surface area contributed by atoms with E-state index in [0.717, 1.165) is 40.1 Å². The lowest BCUT2D eigenvalue weighted by Crippen LogP contribution is -2.05. The second-order valence-corrected chi connectivity index (χ2v) is 8.08. The third kappa shape index (κ3) is 4.36. The van der Waals surface area contributed by atoms with E-state index in [0.29, 0.717) is 11.7 Å². The summed E-state index contributed by atoms with van der Waals surface area (Å²) in [5.41, 5.74) is 12.9. The predicted molar refractivity (Wildman–Crippen MR) is 119 cm³/mol. The smallest absolute Gasteiger partial charge is 0.126 e. The van der Waals surface area contributed by atoms with Gasteiger partial charge in [0.05, 0.1) is 0 Å². The maximum Gasteiger partial charge on any atom is 0.126 e. The Hall–Kier alpha value is -2.39. The van der Waals surface area contributed by atoms with Crippen molar-refractivity contribution >= 4 is 17.4 Å². The van der Waals surface area contributed by atoms with Crippen molar-refractivity contribution in [3.63, 3.8) is 0 Å². The number of benzene rings is 1. The first-order valence-electron chi connectivity index (χ1n) is 9.88. The van der Waals surface area contributed by atoms with Crippen LogP contribution in [0.4, 0.5) is 5.82 Å². The Bertz CT molecular complexity index is 966. The molecule has 0 aliphatic rings. The highest BCUT2D eigenvalue weighted by atomic mass is 35.5. The number of nitrogen functional groups attached to an aromatic ring is 1. The summed E-state index contributed by atoms with van der Waals surface area (Å²) in [5, 5.41) is 0.791. The molecule has 3 nitrogen and oxygen atoms in total. The molecular weight excluding hydrogens is 366 g/mol. The predicted octanol–water partition coefficient (Wildman–Crippen LogP) is 6.41. The van der Waals surface area contributed by atoms with Gasteiger partial charge < -0.3 is 5.73 Å². The number of rotatable bonds is 6. The van der Waals surface area contributed by atoms with Crippen LogP contribution in [-0.2, 0) is 12.8 Å². The van der Waals surface area contributed by atoms with Gasteiger partial charge in [-0.15, -0.1) is 0 Å². The number of aryl methyl sites for hydroxylation is 1. The summed E-state index contributed by atoms with van der Waals surface area (Å²) in [5.74, 6) is 1.24. The molecule has 4 heteroatoms. The van der Waals surface area contributed by atoms with Gasteiger partial charge in [-0.3, -0.25) is 4.98 Å². The van der Waals surface area contributed by atoms with E-state index in [1.54, 1.807) is 0 Å². The van der Waals surface area contributed by atoms with E-state index in [-0.39, 0.29) is 5.92 Å². The lowest BCUT2D eigenvalue weighted by Gasteiger charge is -2.16. The fraction of sp³-hybridized carbons (Fsp3) is 0.333. The van der Waals surface area contributed by atoms with Gasteiger partial charge >= 0.3 is 0 Å². The normalized spacial score (nSPS) is 12.4. The zero-order chi connectivity index (χ0) is 20.3. The first-order chi connectivity index (χ1) is 13.4. The molecule has 0 amide bonds. The van der Waals surface area contributed by atoms with Crippen LogP contribution >= 0.6 is 11.6 Å². The second kappa shape index (κ2) is 8.74. The molecule has 0 spiro atoms. The Morgan fingerprint density at radius 3 is 2.25 bits per heavy atom. The van der Waals surface area contributed by atoms with E-state index in [1.807, 2.05) is 30.6 Å². The number of nitrogens with zero attached hydrogens (tertiary/aromatic N) is 2. The molecule has 0 aliphatic heterocycles. The minimum atomic E-state index is 0.251. The van der Waals surface area contributed by atoms with Gasteiger partial charge in [0.2, 0.25) is 0 Å². The van der Waals surface area contributed by atoms with Crippen molar-refractivity contribution in [2.45, 2.75) is 52.4 Å². The molecule has 2 aromatic heterocycles. The Morgan fingerprint density at radius 1 is 0.964 bits per heavy atom. The average Bonchev–Trinajstić information content (AvgIpc) is 2.69. The Kier molecular flexibility index (Phi) is 6.35. The summed E-state index contributed by atoms with van der Waals surface area (Å²) in [7, 11) is 0. The zero-order valence-electron chi connectivity index (χ0n) is 17.0. The van der Waals surface area contributed by atoms with Gasteiger partial charge in [0, 0.05) is 34.2 Å². The number of hydrogen-bond acceptors (Lipinski definition) is 3. The number of nitrogens with two attached hydrogens (primary N) is 1. The van der Waals surface area contributed by atoms with Gasteiger partial charge in [0.25, 0.3) is 0 Å². The van der Waals surface area contributed by atoms with Crippen molar-refractivity contribution in [3.8, 4) is 11.1 Å². The molecule has 0 bridgehead atoms. The van der Waals surface area contributed by atoms with Crippen LogP contribution in [0.25, 0.3) is 11.1 Å². The van der Waals surface area contributed by atoms with Crippen molar-refractivity contribution in [1.82, 2.24) is 9.97 Å². The molecule has 0 radical (unpaired) electrons. The number of hydrogen-bond donors (Lipinski definition) is 1. The van der Waals surface area contributed by atoms with Gasteiger partial charge in [-0.25, -0.2) is 4.98 Å². The van der Waals surface area contributed by atoms with E-state index in [9.17, 15) is 0 Å². The summed E-state index contributed by atoms with van der Waals surface area (Å²) in [4.78, 5) is 9.18. The van der Waals surface area contributed by atoms with Crippen LogP contribution in [0.15, 0.2) is 48.8 Å². The Labute approximate surface area is 173 Å². The summed E-state index contributed by atoms with van der Waals surface area (Å²) in [6, 6.07) is 12.3. The van der Waals surface area contributed by atoms with Crippen LogP contribution in [0.1, 0.15) is 61.9 Å². The fourth-order valence-corrected chi connectivity index (χ4v) is 3.96. The fourth-order valence-electron chi connectivity index (χ4n) is 3.64. The van der Waals surface area contributed by atoms with Crippen LogP contribution in [0.3, 0.4) is 0 Å². The largest absolute Gasteiger partial charge is 0.383 e. The number of aromatic nitrogens is 2. The monoisotopic (exact) mass is 393 g/mol. The SMILES string of the molecule is CCc1cc(-c2cnc(N)c(CC(C)c3ccccc3Cl)c2)cnc1C(C)C. The third-order valence-corrected chi connectivity index (χ3v) is 5.57. The van der Waals surface area contributed by atoms with Crippen molar-refractivity contribution < 1.29 is 0 Å². The highest BCUT2D eigenvalue weighted by Gasteiger charge is 2.14. The van der Waals surface area contributed by atoms with E-state index >= 15 is 0 Å². The standard InChI is InChI=1S/C24H28ClN3/c1-5-17-11-19(13-27-23(17)15(2)3)20-12-18(24(26)28-14-20)10-16(4)21-8-6-7-9-22(21)25/h6-9,11-16H,5,10H2,1-4H3,(H2,26,28). The van der Waals surface area contributed by atoms with E-state index in [2.05, 4.69) is 50.9 Å². The van der Waals surface area contributed by atoms with Crippen molar-refractivity contribution in [3.05, 3.63) is 76.2 Å². The molecule has 1 aromatic carbocycles. The van der Waals surface area contributed by atoms with Crippen molar-refractivity contribution in [2.24, 2.45) is 0 Å². The molecule has 28 heavy (non-hydrogen) atoms. The van der Waals surface area contributed by atoms with Gasteiger partial charge in [-0.1, -0.05) is 57.5 Å². The summed E-state index contributed by atoms with van der Waals surface area (Å²) >= 11 is 6.37. The molecule has 0 saturated carbocycles. The maximum absolute atomic E-state index is 6.37. The van der Waals surface area contributed by atoms with Gasteiger partial charge in [-0.05, 0) is 59.6 Å². The topological polar surface area (TPSA) is 51.8 Å². The lowest BCUT2D eigenvalue weighted by molar-refractivity contribution is 0.759. The maximum atomic E-state index is 6.37. The molecule has 2 heterocycles. The minimum absolute atomic E-state index is 0.251. The van der Waals surface area contributed by atoms with E-state index in [1.165, 1.54) is 11.3 Å². The van der Waals surface area contributed by atoms with E-state index in [4.69, 9.17) is 22.3 Å². The van der Waals surface area contributed by atoms with Gasteiger partial charge in [0.15, 0.2) is 0 Å². The van der Waals surface area contributed by atoms with Crippen molar-refractivity contribution in [2.75, 3.05) is 5.73 Å². The molecule has 2 N–H and O–H groups in total. The quantitative estimate of drug-likeness (QED) is 0.526. The summed E-state index contributed by atoms with van der Waals surface area (Å²) < 4.78 is 0. The van der Waals surface area contributed by atoms with Crippen LogP contribution in [-0.4, -0.2) is 9.97 Å². The molecular formula is C24H28ClN3. The first-order valence-corrected chi connectivity index (χ1v) is 10.3. The summed E-state index contributed by atoms with van der Waals surface area (Å²) in [6.45, 7) is 8.70. The molecule has 0 aliphatic carbocycles. The number of pyridine rings is 2. The van der Waals surface area contributed by atoms with Crippen LogP contribution in [0.2, 0.25) is 5.02 Å². The molecule has 146 valence electrons. The van der Waals surface area contributed by atoms with Crippen LogP contribution in [0, 0.1) is 0 Å². The Morgan fingerprint density at radius 2 is 1.61 bits per heavy atom. The third-order valence-electron chi connectivity index (χ3n) is 5.23. The molecule has 0 fully saturated rings.